The summed E-state index contributed by atoms with van der Waals surface area (Å²) in [5.41, 5.74) is -0.865. The number of amides is 2. The number of hydrogen-bond donors (Lipinski definition) is 1. The second-order valence-corrected chi connectivity index (χ2v) is 7.50. The highest BCUT2D eigenvalue weighted by atomic mass is 19.4. The van der Waals surface area contributed by atoms with Crippen LogP contribution in [0, 0.1) is 5.82 Å². The van der Waals surface area contributed by atoms with E-state index in [1.165, 1.54) is 17.2 Å². The van der Waals surface area contributed by atoms with Crippen molar-refractivity contribution in [3.8, 4) is 11.5 Å². The Hall–Kier alpha value is -3.37. The molecule has 32 heavy (non-hydrogen) atoms. The van der Waals surface area contributed by atoms with Gasteiger partial charge in [0.15, 0.2) is 11.6 Å². The summed E-state index contributed by atoms with van der Waals surface area (Å²) >= 11 is 0. The van der Waals surface area contributed by atoms with Gasteiger partial charge in [-0.1, -0.05) is 6.07 Å². The minimum Gasteiger partial charge on any atom is -0.491 e. The van der Waals surface area contributed by atoms with Gasteiger partial charge in [-0.2, -0.15) is 0 Å². The molecule has 170 valence electrons. The summed E-state index contributed by atoms with van der Waals surface area (Å²) < 4.78 is 61.6. The van der Waals surface area contributed by atoms with Crippen LogP contribution in [0.1, 0.15) is 30.5 Å². The van der Waals surface area contributed by atoms with Crippen molar-refractivity contribution in [3.63, 3.8) is 0 Å². The maximum atomic E-state index is 14.6. The number of halogens is 4. The summed E-state index contributed by atoms with van der Waals surface area (Å²) in [6.07, 6.45) is -2.94. The van der Waals surface area contributed by atoms with Gasteiger partial charge in [-0.15, -0.1) is 13.2 Å². The zero-order chi connectivity index (χ0) is 22.9. The molecule has 2 aromatic rings. The van der Waals surface area contributed by atoms with Gasteiger partial charge in [0.1, 0.15) is 22.8 Å². The SMILES string of the molecule is O=C1CCN(C(=O)NC2(c3ccc(OC(F)(F)F)c(F)c3)CCOc3cccnc32)CC1. The molecule has 0 bridgehead atoms. The van der Waals surface area contributed by atoms with Crippen LogP contribution in [0.4, 0.5) is 22.4 Å². The Morgan fingerprint density at radius 1 is 1.22 bits per heavy atom. The third kappa shape index (κ3) is 4.32. The number of fused-ring (bicyclic) bond motifs is 1. The summed E-state index contributed by atoms with van der Waals surface area (Å²) in [5.74, 6) is -1.79. The van der Waals surface area contributed by atoms with Crippen molar-refractivity contribution in [2.75, 3.05) is 19.7 Å². The Morgan fingerprint density at radius 2 is 1.97 bits per heavy atom. The summed E-state index contributed by atoms with van der Waals surface area (Å²) in [5, 5.41) is 2.89. The van der Waals surface area contributed by atoms with Crippen LogP contribution in [0.2, 0.25) is 0 Å². The second kappa shape index (κ2) is 8.29. The normalized spacial score (nSPS) is 20.9. The lowest BCUT2D eigenvalue weighted by atomic mass is 9.81. The number of likely N-dealkylation sites (tertiary alicyclic amines) is 1. The molecule has 2 aliphatic rings. The summed E-state index contributed by atoms with van der Waals surface area (Å²) in [6.45, 7) is 0.623. The number of carbonyl (C=O) groups is 2. The topological polar surface area (TPSA) is 80.8 Å². The fraction of sp³-hybridized carbons (Fsp3) is 0.381. The number of pyridine rings is 1. The van der Waals surface area contributed by atoms with Crippen molar-refractivity contribution in [1.82, 2.24) is 15.2 Å². The first-order valence-electron chi connectivity index (χ1n) is 9.91. The van der Waals surface area contributed by atoms with Gasteiger partial charge in [-0.05, 0) is 29.8 Å². The molecule has 4 rings (SSSR count). The lowest BCUT2D eigenvalue weighted by Crippen LogP contribution is -2.55. The zero-order valence-electron chi connectivity index (χ0n) is 16.7. The van der Waals surface area contributed by atoms with Gasteiger partial charge in [-0.25, -0.2) is 9.18 Å². The van der Waals surface area contributed by atoms with Crippen molar-refractivity contribution in [3.05, 3.63) is 53.6 Å². The van der Waals surface area contributed by atoms with E-state index in [0.29, 0.717) is 11.4 Å². The van der Waals surface area contributed by atoms with Crippen molar-refractivity contribution in [2.24, 2.45) is 0 Å². The number of nitrogens with zero attached hydrogens (tertiary/aromatic N) is 2. The van der Waals surface area contributed by atoms with E-state index in [1.807, 2.05) is 0 Å². The van der Waals surface area contributed by atoms with Crippen LogP contribution in [-0.4, -0.2) is 47.8 Å². The molecule has 0 saturated carbocycles. The van der Waals surface area contributed by atoms with Gasteiger partial charge < -0.3 is 19.7 Å². The molecule has 2 aliphatic heterocycles. The molecule has 1 atom stereocenters. The van der Waals surface area contributed by atoms with Crippen LogP contribution in [0.3, 0.4) is 0 Å². The fourth-order valence-corrected chi connectivity index (χ4v) is 3.93. The number of benzene rings is 1. The van der Waals surface area contributed by atoms with Gasteiger partial charge in [0.25, 0.3) is 0 Å². The number of rotatable bonds is 3. The maximum absolute atomic E-state index is 14.6. The van der Waals surface area contributed by atoms with E-state index in [-0.39, 0.29) is 50.3 Å². The van der Waals surface area contributed by atoms with Crippen LogP contribution in [0.25, 0.3) is 0 Å². The fourth-order valence-electron chi connectivity index (χ4n) is 3.93. The van der Waals surface area contributed by atoms with Crippen molar-refractivity contribution >= 4 is 11.8 Å². The Balaban J connectivity index is 1.74. The molecule has 0 radical (unpaired) electrons. The molecule has 2 amide bonds. The number of alkyl halides is 3. The van der Waals surface area contributed by atoms with E-state index in [2.05, 4.69) is 15.0 Å². The van der Waals surface area contributed by atoms with E-state index >= 15 is 0 Å². The largest absolute Gasteiger partial charge is 0.573 e. The number of aromatic nitrogens is 1. The lowest BCUT2D eigenvalue weighted by Gasteiger charge is -2.40. The van der Waals surface area contributed by atoms with Crippen LogP contribution in [-0.2, 0) is 10.3 Å². The summed E-state index contributed by atoms with van der Waals surface area (Å²) in [6, 6.07) is 5.79. The predicted octanol–water partition coefficient (Wildman–Crippen LogP) is 3.52. The highest BCUT2D eigenvalue weighted by molar-refractivity contribution is 5.83. The van der Waals surface area contributed by atoms with E-state index in [4.69, 9.17) is 4.74 Å². The predicted molar refractivity (Wildman–Crippen MR) is 103 cm³/mol. The van der Waals surface area contributed by atoms with Crippen molar-refractivity contribution in [2.45, 2.75) is 31.2 Å². The molecule has 0 aliphatic carbocycles. The van der Waals surface area contributed by atoms with Crippen molar-refractivity contribution in [1.29, 1.82) is 0 Å². The second-order valence-electron chi connectivity index (χ2n) is 7.50. The summed E-state index contributed by atoms with van der Waals surface area (Å²) in [7, 11) is 0. The van der Waals surface area contributed by atoms with Gasteiger partial charge >= 0.3 is 12.4 Å². The Morgan fingerprint density at radius 3 is 2.66 bits per heavy atom. The molecule has 1 aromatic carbocycles. The Kier molecular flexibility index (Phi) is 5.66. The molecule has 1 aromatic heterocycles. The smallest absolute Gasteiger partial charge is 0.491 e. The molecule has 3 heterocycles. The van der Waals surface area contributed by atoms with Crippen LogP contribution in [0.5, 0.6) is 11.5 Å². The summed E-state index contributed by atoms with van der Waals surface area (Å²) in [4.78, 5) is 30.4. The molecule has 1 unspecified atom stereocenters. The molecular formula is C21H19F4N3O4. The van der Waals surface area contributed by atoms with Crippen LogP contribution >= 0.6 is 0 Å². The average molecular weight is 453 g/mol. The number of ketones is 1. The number of Topliss-reactive ketones (excluding diaryl/α,β-unsaturated/α-hetero) is 1. The molecule has 7 nitrogen and oxygen atoms in total. The molecular weight excluding hydrogens is 434 g/mol. The number of carbonyl (C=O) groups excluding carboxylic acids is 2. The van der Waals surface area contributed by atoms with E-state index in [1.54, 1.807) is 12.1 Å². The number of ether oxygens (including phenoxy) is 2. The zero-order valence-corrected chi connectivity index (χ0v) is 16.7. The van der Waals surface area contributed by atoms with Crippen LogP contribution in [0.15, 0.2) is 36.5 Å². The van der Waals surface area contributed by atoms with Crippen molar-refractivity contribution < 1.29 is 36.6 Å². The number of hydrogen-bond acceptors (Lipinski definition) is 5. The van der Waals surface area contributed by atoms with E-state index in [0.717, 1.165) is 12.1 Å². The molecule has 1 N–H and O–H groups in total. The Bertz CT molecular complexity index is 1040. The van der Waals surface area contributed by atoms with E-state index < -0.39 is 29.5 Å². The molecule has 11 heteroatoms. The Labute approximate surface area is 180 Å². The minimum absolute atomic E-state index is 0.0594. The first kappa shape index (κ1) is 21.8. The average Bonchev–Trinajstić information content (AvgIpc) is 2.75. The molecule has 1 saturated heterocycles. The molecule has 1 fully saturated rings. The third-order valence-electron chi connectivity index (χ3n) is 5.49. The number of piperidine rings is 1. The van der Waals surface area contributed by atoms with E-state index in [9.17, 15) is 27.2 Å². The molecule has 0 spiro atoms. The number of nitrogens with one attached hydrogen (secondary N) is 1. The van der Waals surface area contributed by atoms with Gasteiger partial charge in [0.2, 0.25) is 0 Å². The monoisotopic (exact) mass is 453 g/mol. The maximum Gasteiger partial charge on any atom is 0.573 e. The van der Waals surface area contributed by atoms with Crippen LogP contribution < -0.4 is 14.8 Å². The highest BCUT2D eigenvalue weighted by Gasteiger charge is 2.44. The third-order valence-corrected chi connectivity index (χ3v) is 5.49. The quantitative estimate of drug-likeness (QED) is 0.720. The lowest BCUT2D eigenvalue weighted by molar-refractivity contribution is -0.275. The highest BCUT2D eigenvalue weighted by Crippen LogP contribution is 2.42. The van der Waals surface area contributed by atoms with Gasteiger partial charge in [-0.3, -0.25) is 9.78 Å². The minimum atomic E-state index is -5.05. The van der Waals surface area contributed by atoms with Gasteiger partial charge in [0, 0.05) is 38.5 Å². The standard InChI is InChI=1S/C21H19F4N3O4/c22-15-12-13(3-4-16(15)32-21(23,24)25)20(7-11-31-17-2-1-8-26-18(17)20)27-19(30)28-9-5-14(29)6-10-28/h1-4,8,12H,5-7,9-11H2,(H,27,30). The van der Waals surface area contributed by atoms with Gasteiger partial charge in [0.05, 0.1) is 6.61 Å². The number of urea groups is 1. The first-order valence-corrected chi connectivity index (χ1v) is 9.91. The first-order chi connectivity index (χ1) is 15.2.